The first-order valence-electron chi connectivity index (χ1n) is 22.0. The molecule has 2 nitrogen and oxygen atoms in total. The molecule has 0 N–H and O–H groups in total. The molecule has 4 heteroatoms. The van der Waals surface area contributed by atoms with Crippen LogP contribution >= 0.6 is 11.3 Å². The van der Waals surface area contributed by atoms with E-state index in [1.54, 1.807) is 0 Å². The van der Waals surface area contributed by atoms with E-state index >= 15 is 0 Å². The maximum atomic E-state index is 2.54. The smallest absolute Gasteiger partial charge is 0.179 e. The van der Waals surface area contributed by atoms with Gasteiger partial charge in [0.05, 0.1) is 22.1 Å². The highest BCUT2D eigenvalue weighted by molar-refractivity contribution is 7.26. The number of benzene rings is 10. The van der Waals surface area contributed by atoms with Crippen LogP contribution < -0.4 is 20.7 Å². The summed E-state index contributed by atoms with van der Waals surface area (Å²) in [4.78, 5) is 0. The zero-order valence-electron chi connectivity index (χ0n) is 34.9. The second kappa shape index (κ2) is 14.7. The quantitative estimate of drug-likeness (QED) is 0.112. The van der Waals surface area contributed by atoms with Gasteiger partial charge in [0, 0.05) is 64.2 Å². The molecule has 0 spiro atoms. The Morgan fingerprint density at radius 2 is 0.719 bits per heavy atom. The summed E-state index contributed by atoms with van der Waals surface area (Å²) in [6.45, 7) is 0. The van der Waals surface area contributed by atoms with Gasteiger partial charge in [-0.15, -0.1) is 11.3 Å². The SMILES string of the molecule is c1ccc([Si](c2ccccc2)(c2cccc(-n3c4ccccc4c4ccccc43)c2)c2cccc(-n3c4ccccc4c4cccc(-c5cccc6c5sc5ccccc56)c43)c2)cc1. The zero-order chi connectivity index (χ0) is 42.2. The first-order valence-corrected chi connectivity index (χ1v) is 24.8. The summed E-state index contributed by atoms with van der Waals surface area (Å²) in [5, 5.41) is 13.0. The van der Waals surface area contributed by atoms with Gasteiger partial charge in [-0.05, 0) is 69.3 Å². The Morgan fingerprint density at radius 3 is 1.33 bits per heavy atom. The van der Waals surface area contributed by atoms with Crippen molar-refractivity contribution in [3.05, 3.63) is 243 Å². The van der Waals surface area contributed by atoms with Crippen molar-refractivity contribution >= 4 is 104 Å². The fourth-order valence-corrected chi connectivity index (χ4v) is 16.8. The van der Waals surface area contributed by atoms with Crippen LogP contribution in [0, 0.1) is 0 Å². The third-order valence-electron chi connectivity index (χ3n) is 13.5. The van der Waals surface area contributed by atoms with Crippen LogP contribution in [-0.4, -0.2) is 17.2 Å². The molecular weight excluding hydrogens is 809 g/mol. The molecule has 0 aliphatic rings. The van der Waals surface area contributed by atoms with Crippen molar-refractivity contribution in [1.29, 1.82) is 0 Å². The summed E-state index contributed by atoms with van der Waals surface area (Å²) in [7, 11) is -3.02. The van der Waals surface area contributed by atoms with Gasteiger partial charge < -0.3 is 9.13 Å². The monoisotopic (exact) mass is 848 g/mol. The fraction of sp³-hybridized carbons (Fsp3) is 0. The zero-order valence-corrected chi connectivity index (χ0v) is 36.7. The average Bonchev–Trinajstić information content (AvgIpc) is 4.03. The van der Waals surface area contributed by atoms with E-state index in [9.17, 15) is 0 Å². The molecule has 0 bridgehead atoms. The van der Waals surface area contributed by atoms with Crippen molar-refractivity contribution in [3.63, 3.8) is 0 Å². The summed E-state index contributed by atoms with van der Waals surface area (Å²) in [5.41, 5.74) is 9.68. The maximum Gasteiger partial charge on any atom is 0.179 e. The Kier molecular flexibility index (Phi) is 8.45. The number of rotatable bonds is 7. The van der Waals surface area contributed by atoms with E-state index in [4.69, 9.17) is 0 Å². The van der Waals surface area contributed by atoms with Crippen molar-refractivity contribution < 1.29 is 0 Å². The first-order chi connectivity index (χ1) is 31.8. The second-order valence-electron chi connectivity index (χ2n) is 16.8. The number of thiophene rings is 1. The molecule has 10 aromatic carbocycles. The number of fused-ring (bicyclic) bond motifs is 9. The normalized spacial score (nSPS) is 12.1. The lowest BCUT2D eigenvalue weighted by Crippen LogP contribution is -2.74. The van der Waals surface area contributed by atoms with Gasteiger partial charge in [-0.25, -0.2) is 0 Å². The molecule has 300 valence electrons. The highest BCUT2D eigenvalue weighted by Gasteiger charge is 2.42. The van der Waals surface area contributed by atoms with Gasteiger partial charge in [-0.1, -0.05) is 194 Å². The Bertz CT molecular complexity index is 3820. The molecule has 0 unspecified atom stereocenters. The van der Waals surface area contributed by atoms with Gasteiger partial charge in [0.15, 0.2) is 8.07 Å². The van der Waals surface area contributed by atoms with Crippen LogP contribution in [0.25, 0.3) is 86.3 Å². The Labute approximate surface area is 376 Å². The third-order valence-corrected chi connectivity index (χ3v) is 19.4. The predicted octanol–water partition coefficient (Wildman–Crippen LogP) is 13.3. The van der Waals surface area contributed by atoms with E-state index in [1.165, 1.54) is 95.7 Å². The topological polar surface area (TPSA) is 9.86 Å². The van der Waals surface area contributed by atoms with Crippen molar-refractivity contribution in [2.45, 2.75) is 0 Å². The summed E-state index contributed by atoms with van der Waals surface area (Å²) >= 11 is 1.89. The van der Waals surface area contributed by atoms with E-state index in [-0.39, 0.29) is 0 Å². The van der Waals surface area contributed by atoms with E-state index in [0.717, 1.165) is 11.4 Å². The molecule has 0 fully saturated rings. The lowest BCUT2D eigenvalue weighted by molar-refractivity contribution is 1.18. The molecule has 0 saturated carbocycles. The van der Waals surface area contributed by atoms with Crippen LogP contribution in [0.4, 0.5) is 0 Å². The molecule has 13 aromatic rings. The first kappa shape index (κ1) is 36.9. The van der Waals surface area contributed by atoms with Crippen LogP contribution in [0.15, 0.2) is 243 Å². The van der Waals surface area contributed by atoms with Crippen molar-refractivity contribution in [2.24, 2.45) is 0 Å². The van der Waals surface area contributed by atoms with Crippen LogP contribution in [0.2, 0.25) is 0 Å². The lowest BCUT2D eigenvalue weighted by Gasteiger charge is -2.35. The highest BCUT2D eigenvalue weighted by Crippen LogP contribution is 2.44. The molecular formula is C60H40N2SSi. The number of para-hydroxylation sites is 4. The Hall–Kier alpha value is -7.76. The minimum absolute atomic E-state index is 1.15. The molecule has 13 rings (SSSR count). The number of hydrogen-bond donors (Lipinski definition) is 0. The summed E-state index contributed by atoms with van der Waals surface area (Å²) in [5.74, 6) is 0. The van der Waals surface area contributed by atoms with Gasteiger partial charge in [0.1, 0.15) is 0 Å². The van der Waals surface area contributed by atoms with Crippen molar-refractivity contribution in [1.82, 2.24) is 9.13 Å². The fourth-order valence-electron chi connectivity index (χ4n) is 10.8. The molecule has 64 heavy (non-hydrogen) atoms. The molecule has 3 heterocycles. The molecule has 0 atom stereocenters. The van der Waals surface area contributed by atoms with Crippen LogP contribution in [-0.2, 0) is 0 Å². The Balaban J connectivity index is 1.10. The van der Waals surface area contributed by atoms with Crippen LogP contribution in [0.3, 0.4) is 0 Å². The lowest BCUT2D eigenvalue weighted by atomic mass is 10.00. The largest absolute Gasteiger partial charge is 0.309 e. The van der Waals surface area contributed by atoms with E-state index in [1.807, 2.05) is 11.3 Å². The van der Waals surface area contributed by atoms with Crippen LogP contribution in [0.1, 0.15) is 0 Å². The number of aromatic nitrogens is 2. The molecule has 0 radical (unpaired) electrons. The van der Waals surface area contributed by atoms with E-state index in [2.05, 4.69) is 252 Å². The molecule has 3 aromatic heterocycles. The molecule has 0 amide bonds. The van der Waals surface area contributed by atoms with Gasteiger partial charge in [0.25, 0.3) is 0 Å². The predicted molar refractivity (Wildman–Crippen MR) is 277 cm³/mol. The maximum absolute atomic E-state index is 3.02. The standard InChI is InChI=1S/C60H40N2SSi/c1-3-21-43(22-4-1)64(44-23-5-2-6-24-44,45-25-15-19-41(39-45)61-55-35-11-7-27-47(55)48-28-8-12-36-56(48)61)46-26-16-20-42(40-46)62-57-37-13-9-29-49(57)51-31-17-32-52(59(51)62)54-34-18-33-53-50-30-10-14-38-58(50)63-60(53)54/h1-40H. The average molecular weight is 849 g/mol. The van der Waals surface area contributed by atoms with Gasteiger partial charge in [-0.2, -0.15) is 0 Å². The van der Waals surface area contributed by atoms with Gasteiger partial charge >= 0.3 is 0 Å². The molecule has 0 aliphatic heterocycles. The summed E-state index contributed by atoms with van der Waals surface area (Å²) in [6.07, 6.45) is 0. The van der Waals surface area contributed by atoms with Crippen molar-refractivity contribution in [2.75, 3.05) is 0 Å². The third kappa shape index (κ3) is 5.43. The number of nitrogens with zero attached hydrogens (tertiary/aromatic N) is 2. The van der Waals surface area contributed by atoms with Gasteiger partial charge in [-0.3, -0.25) is 0 Å². The minimum atomic E-state index is -3.02. The highest BCUT2D eigenvalue weighted by atomic mass is 32.1. The minimum Gasteiger partial charge on any atom is -0.309 e. The summed E-state index contributed by atoms with van der Waals surface area (Å²) < 4.78 is 7.63. The second-order valence-corrected chi connectivity index (χ2v) is 21.6. The summed E-state index contributed by atoms with van der Waals surface area (Å²) in [6, 6.07) is 90.7. The Morgan fingerprint density at radius 1 is 0.297 bits per heavy atom. The van der Waals surface area contributed by atoms with E-state index in [0.29, 0.717) is 0 Å². The van der Waals surface area contributed by atoms with Gasteiger partial charge in [0.2, 0.25) is 0 Å². The van der Waals surface area contributed by atoms with Crippen molar-refractivity contribution in [3.8, 4) is 22.5 Å². The molecule has 0 saturated heterocycles. The van der Waals surface area contributed by atoms with Crippen LogP contribution in [0.5, 0.6) is 0 Å². The molecule has 0 aliphatic carbocycles. The number of hydrogen-bond acceptors (Lipinski definition) is 1. The van der Waals surface area contributed by atoms with E-state index < -0.39 is 8.07 Å².